The van der Waals surface area contributed by atoms with Gasteiger partial charge in [-0.25, -0.2) is 0 Å². The average molecular weight is 1630 g/mol. The van der Waals surface area contributed by atoms with Crippen LogP contribution in [0.25, 0.3) is 0 Å². The first kappa shape index (κ1) is 92.7. The second kappa shape index (κ2) is 55.8. The molecule has 16 heteroatoms. The number of unbranched alkanes of at least 4 members (excludes halogenated alkanes) is 38. The minimum atomic E-state index is -1.27. The van der Waals surface area contributed by atoms with E-state index in [1.807, 2.05) is 4.90 Å². The van der Waals surface area contributed by atoms with Crippen LogP contribution >= 0.6 is 0 Å². The molecule has 0 aliphatic carbocycles. The molecule has 1 saturated heterocycles. The molecule has 2 aromatic carbocycles. The van der Waals surface area contributed by atoms with Crippen molar-refractivity contribution >= 4 is 66.7 Å². The predicted molar refractivity (Wildman–Crippen MR) is 417 cm³/mol. The van der Waals surface area contributed by atoms with Crippen LogP contribution in [0.2, 0.25) is 0 Å². The molecule has 14 nitrogen and oxygen atoms in total. The minimum Gasteiger partial charge on any atom is -1.00 e. The number of aliphatic carboxylic acids is 3. The van der Waals surface area contributed by atoms with Gasteiger partial charge in [-0.2, -0.15) is 4.58 Å². The number of halogens is 1. The maximum absolute atomic E-state index is 13.9. The number of hydrogen-bond acceptors (Lipinski definition) is 12. The van der Waals surface area contributed by atoms with Crippen molar-refractivity contribution in [2.75, 3.05) is 96.5 Å². The number of nitrogens with one attached hydrogen (secondary N) is 1. The summed E-state index contributed by atoms with van der Waals surface area (Å²) in [4.78, 5) is 58.5. The fraction of sp³-hybridized carbons (Fsp3) is 0.733. The second-order valence-electron chi connectivity index (χ2n) is 31.0. The number of fused-ring (bicyclic) bond motifs is 2. The van der Waals surface area contributed by atoms with E-state index >= 15 is 0 Å². The van der Waals surface area contributed by atoms with Gasteiger partial charge in [-0.15, -0.1) is 0 Å². The van der Waals surface area contributed by atoms with Crippen LogP contribution in [-0.4, -0.2) is 171 Å². The quantitative estimate of drug-likeness (QED) is 0.0288. The number of para-hydroxylation sites is 1. The molecule has 1 N–H and O–H groups in total. The van der Waals surface area contributed by atoms with Crippen molar-refractivity contribution in [2.24, 2.45) is 0 Å². The second-order valence-corrected chi connectivity index (χ2v) is 31.0. The van der Waals surface area contributed by atoms with Gasteiger partial charge in [0.15, 0.2) is 5.71 Å². The Kier molecular flexibility index (Phi) is 50.7. The summed E-state index contributed by atoms with van der Waals surface area (Å²) in [6.07, 6.45) is 66.1. The molecule has 0 aromatic heterocycles. The van der Waals surface area contributed by atoms with Crippen LogP contribution in [0.15, 0.2) is 78.5 Å². The maximum atomic E-state index is 13.9. The SMILES string of the molecule is CCCCCCCCCCCCCCCCCCCCCCN1/C(=C/C=C/C=C/C2=[N+](CCCCCCCCCCCCCCCCCCCCCC)c3ccccc3C2(C)C)C(C)(C)c2cc(CNC(=O)CN3CCN(CC(=O)[O-])CCN(CC(=O)[O-])CCN(CC(=O)[O-])CC3)ccc21.[I-].[In+3]. The Morgan fingerprint density at radius 2 is 0.804 bits per heavy atom. The number of hydrogen-bond donors (Lipinski definition) is 1. The smallest absolute Gasteiger partial charge is 1.00 e. The van der Waals surface area contributed by atoms with Crippen LogP contribution in [-0.2, 0) is 36.6 Å². The monoisotopic (exact) mass is 1630 g/mol. The summed E-state index contributed by atoms with van der Waals surface area (Å²) in [7, 11) is 0. The first-order chi connectivity index (χ1) is 48.5. The first-order valence-corrected chi connectivity index (χ1v) is 41.0. The van der Waals surface area contributed by atoms with Gasteiger partial charge in [-0.05, 0) is 50.0 Å². The molecule has 1 fully saturated rings. The minimum absolute atomic E-state index is 0. The summed E-state index contributed by atoms with van der Waals surface area (Å²) in [6, 6.07) is 15.6. The third-order valence-corrected chi connectivity index (χ3v) is 21.8. The van der Waals surface area contributed by atoms with Gasteiger partial charge < -0.3 is 63.9 Å². The van der Waals surface area contributed by atoms with Crippen LogP contribution in [0.3, 0.4) is 0 Å². The molecule has 3 aliphatic heterocycles. The zero-order valence-electron chi connectivity index (χ0n) is 65.3. The maximum Gasteiger partial charge on any atom is 3.00 e. The number of anilines is 1. The van der Waals surface area contributed by atoms with E-state index in [1.54, 1.807) is 14.7 Å². The van der Waals surface area contributed by atoms with Crippen LogP contribution in [0, 0.1) is 0 Å². The molecular weight excluding hydrogens is 1480 g/mol. The molecule has 0 saturated carbocycles. The van der Waals surface area contributed by atoms with Crippen LogP contribution in [0.5, 0.6) is 0 Å². The average Bonchev–Trinajstić information content (AvgIpc) is 1.60. The molecule has 102 heavy (non-hydrogen) atoms. The van der Waals surface area contributed by atoms with Crippen molar-refractivity contribution in [1.29, 1.82) is 0 Å². The zero-order chi connectivity index (χ0) is 71.9. The van der Waals surface area contributed by atoms with Gasteiger partial charge in [0.1, 0.15) is 6.54 Å². The molecular formula is C86H141IInN7O7. The van der Waals surface area contributed by atoms with Crippen molar-refractivity contribution in [2.45, 2.75) is 316 Å². The summed E-state index contributed by atoms with van der Waals surface area (Å²) >= 11 is 0. The van der Waals surface area contributed by atoms with E-state index in [4.69, 9.17) is 0 Å². The molecule has 1 amide bonds. The Balaban J connectivity index is 0.0000135. The van der Waals surface area contributed by atoms with Gasteiger partial charge in [0.2, 0.25) is 11.6 Å². The Morgan fingerprint density at radius 3 is 1.20 bits per heavy atom. The van der Waals surface area contributed by atoms with Crippen molar-refractivity contribution in [3.63, 3.8) is 0 Å². The normalized spacial score (nSPS) is 16.5. The standard InChI is InChI=1S/C86H143N7O7.HI.In/c1-7-9-11-13-15-17-19-21-23-25-27-29-31-33-35-37-39-41-43-50-58-92-77-53-49-48-52-75(77)85(3,4)79(92)54-46-45-47-55-80-86(5,6)76-68-74(56-57-78(76)93(80)59-51-44-42-40-38-36-34-32-30-28-26-24-22-20-18-16-14-12-10-8-2)69-87-81(94)70-88-60-62-89(71-82(95)96)64-66-91(73-84(99)100)67-65-90(63-61-88)72-83(97)98;;/h45-49,52-57,68H,7-44,50-51,58-67,69-73H2,1-6H3,(H3-,87,94,95,96,97,98,99,100);1H;/q;;+3/p-3. The molecule has 0 radical (unpaired) electrons. The molecule has 3 heterocycles. The number of nitrogens with zero attached hydrogens (tertiary/aromatic N) is 6. The van der Waals surface area contributed by atoms with Gasteiger partial charge in [0, 0.05) is 126 Å². The molecule has 0 unspecified atom stereocenters. The van der Waals surface area contributed by atoms with E-state index in [0.29, 0.717) is 19.6 Å². The number of rotatable bonds is 55. The molecule has 0 spiro atoms. The van der Waals surface area contributed by atoms with Crippen LogP contribution < -0.4 is 49.5 Å². The van der Waals surface area contributed by atoms with Gasteiger partial charge in [-0.3, -0.25) is 24.4 Å². The van der Waals surface area contributed by atoms with E-state index in [1.165, 1.54) is 284 Å². The molecule has 2 aromatic rings. The molecule has 5 rings (SSSR count). The number of amides is 1. The fourth-order valence-corrected chi connectivity index (χ4v) is 15.6. The van der Waals surface area contributed by atoms with Crippen LogP contribution in [0.1, 0.15) is 315 Å². The zero-order valence-corrected chi connectivity index (χ0v) is 70.8. The van der Waals surface area contributed by atoms with Crippen LogP contribution in [0.4, 0.5) is 11.4 Å². The number of allylic oxidation sites excluding steroid dienone is 6. The Hall–Kier alpha value is -3.55. The van der Waals surface area contributed by atoms with E-state index in [9.17, 15) is 34.5 Å². The fourth-order valence-electron chi connectivity index (χ4n) is 15.6. The summed E-state index contributed by atoms with van der Waals surface area (Å²) in [5.41, 5.74) is 8.33. The Morgan fingerprint density at radius 1 is 0.441 bits per heavy atom. The summed E-state index contributed by atoms with van der Waals surface area (Å²) in [5.74, 6) is -3.98. The first-order valence-electron chi connectivity index (χ1n) is 41.0. The number of benzene rings is 2. The number of carbonyl (C=O) groups excluding carboxylic acids is 4. The van der Waals surface area contributed by atoms with Gasteiger partial charge in [-0.1, -0.05) is 314 Å². The summed E-state index contributed by atoms with van der Waals surface area (Å²) < 4.78 is 2.59. The van der Waals surface area contributed by atoms with Crippen molar-refractivity contribution in [3.8, 4) is 0 Å². The molecule has 0 atom stereocenters. The van der Waals surface area contributed by atoms with Crippen molar-refractivity contribution < 1.29 is 63.0 Å². The Labute approximate surface area is 657 Å². The van der Waals surface area contributed by atoms with Crippen molar-refractivity contribution in [3.05, 3.63) is 95.2 Å². The Bertz CT molecular complexity index is 2720. The third kappa shape index (κ3) is 37.3. The van der Waals surface area contributed by atoms with Crippen molar-refractivity contribution in [1.82, 2.24) is 24.9 Å². The molecule has 3 aliphatic rings. The molecule has 572 valence electrons. The van der Waals surface area contributed by atoms with Gasteiger partial charge in [0.05, 0.1) is 29.9 Å². The largest absolute Gasteiger partial charge is 3.00 e. The van der Waals surface area contributed by atoms with E-state index < -0.39 is 17.9 Å². The predicted octanol–water partition coefficient (Wildman–Crippen LogP) is 12.2. The topological polar surface area (TPSA) is 169 Å². The number of carboxylic acids is 3. The van der Waals surface area contributed by atoms with E-state index in [0.717, 1.165) is 25.1 Å². The molecule has 0 bridgehead atoms. The van der Waals surface area contributed by atoms with E-state index in [2.05, 4.69) is 129 Å². The summed E-state index contributed by atoms with van der Waals surface area (Å²) in [6.45, 7) is 17.4. The summed E-state index contributed by atoms with van der Waals surface area (Å²) in [5, 5.41) is 38.3. The number of carbonyl (C=O) groups is 4. The number of carboxylic acid groups (broad SMARTS) is 3. The van der Waals surface area contributed by atoms with Gasteiger partial charge >= 0.3 is 25.8 Å². The third-order valence-electron chi connectivity index (χ3n) is 21.8. The van der Waals surface area contributed by atoms with Gasteiger partial charge in [0.25, 0.3) is 0 Å². The van der Waals surface area contributed by atoms with E-state index in [-0.39, 0.29) is 132 Å².